The number of alkyl halides is 1. The van der Waals surface area contributed by atoms with Crippen LogP contribution in [0.3, 0.4) is 0 Å². The lowest BCUT2D eigenvalue weighted by Gasteiger charge is -2.24. The summed E-state index contributed by atoms with van der Waals surface area (Å²) in [6, 6.07) is 4.07. The van der Waals surface area contributed by atoms with E-state index in [9.17, 15) is 13.6 Å². The molecule has 0 atom stereocenters. The van der Waals surface area contributed by atoms with Gasteiger partial charge >= 0.3 is 5.97 Å². The molecule has 0 amide bonds. The van der Waals surface area contributed by atoms with E-state index < -0.39 is 18.0 Å². The first-order valence-electron chi connectivity index (χ1n) is 8.14. The van der Waals surface area contributed by atoms with Gasteiger partial charge in [-0.05, 0) is 37.8 Å². The molecule has 0 saturated heterocycles. The summed E-state index contributed by atoms with van der Waals surface area (Å²) < 4.78 is 32.0. The second kappa shape index (κ2) is 7.13. The third kappa shape index (κ3) is 3.60. The first-order chi connectivity index (χ1) is 12.0. The van der Waals surface area contributed by atoms with Crippen molar-refractivity contribution in [3.8, 4) is 11.3 Å². The normalized spacial score (nSPS) is 20.3. The molecular weight excluding hydrogens is 328 g/mol. The van der Waals surface area contributed by atoms with Crippen LogP contribution in [0.15, 0.2) is 24.4 Å². The Hall–Kier alpha value is -2.57. The standard InChI is InChI=1S/C18H19F2N3O2/c1-25-18(24)13-7-4-11(8-14(13)20)16-17(21)22-9-15(23-16)10-2-5-12(19)6-3-10/h4,7-10,12H,2-3,5-6H2,1H3,(H2,21,22)/t10-,12-. The van der Waals surface area contributed by atoms with Crippen molar-refractivity contribution in [3.63, 3.8) is 0 Å². The molecule has 1 aliphatic rings. The number of halogens is 2. The maximum Gasteiger partial charge on any atom is 0.340 e. The Balaban J connectivity index is 1.93. The fourth-order valence-electron chi connectivity index (χ4n) is 3.11. The molecule has 5 nitrogen and oxygen atoms in total. The van der Waals surface area contributed by atoms with Crippen LogP contribution in [0.1, 0.15) is 47.7 Å². The van der Waals surface area contributed by atoms with Gasteiger partial charge in [0.1, 0.15) is 23.5 Å². The molecule has 1 fully saturated rings. The maximum absolute atomic E-state index is 14.2. The third-order valence-corrected chi connectivity index (χ3v) is 4.54. The number of hydrogen-bond donors (Lipinski definition) is 1. The van der Waals surface area contributed by atoms with Gasteiger partial charge in [0, 0.05) is 11.5 Å². The van der Waals surface area contributed by atoms with Crippen molar-refractivity contribution < 1.29 is 18.3 Å². The summed E-state index contributed by atoms with van der Waals surface area (Å²) in [4.78, 5) is 20.2. The minimum Gasteiger partial charge on any atom is -0.465 e. The van der Waals surface area contributed by atoms with Gasteiger partial charge in [0.25, 0.3) is 0 Å². The molecule has 0 unspecified atom stereocenters. The molecule has 1 aromatic heterocycles. The molecule has 1 saturated carbocycles. The zero-order valence-corrected chi connectivity index (χ0v) is 13.8. The van der Waals surface area contributed by atoms with Gasteiger partial charge < -0.3 is 10.5 Å². The summed E-state index contributed by atoms with van der Waals surface area (Å²) in [5, 5.41) is 0. The lowest BCUT2D eigenvalue weighted by molar-refractivity contribution is 0.0595. The van der Waals surface area contributed by atoms with Crippen LogP contribution >= 0.6 is 0 Å². The molecule has 0 radical (unpaired) electrons. The number of carbonyl (C=O) groups is 1. The van der Waals surface area contributed by atoms with Crippen LogP contribution in [0.5, 0.6) is 0 Å². The van der Waals surface area contributed by atoms with Gasteiger partial charge in [-0.1, -0.05) is 6.07 Å². The second-order valence-corrected chi connectivity index (χ2v) is 6.16. The highest BCUT2D eigenvalue weighted by Gasteiger charge is 2.24. The van der Waals surface area contributed by atoms with E-state index in [2.05, 4.69) is 14.7 Å². The predicted octanol–water partition coefficient (Wildman–Crippen LogP) is 3.65. The minimum atomic E-state index is -0.752. The van der Waals surface area contributed by atoms with E-state index in [1.165, 1.54) is 19.2 Å². The first-order valence-corrected chi connectivity index (χ1v) is 8.14. The highest BCUT2D eigenvalue weighted by atomic mass is 19.1. The molecule has 1 heterocycles. The lowest BCUT2D eigenvalue weighted by atomic mass is 9.86. The van der Waals surface area contributed by atoms with Crippen LogP contribution in [-0.4, -0.2) is 29.2 Å². The fourth-order valence-corrected chi connectivity index (χ4v) is 3.11. The van der Waals surface area contributed by atoms with Crippen LogP contribution in [0, 0.1) is 5.82 Å². The van der Waals surface area contributed by atoms with E-state index in [-0.39, 0.29) is 17.3 Å². The zero-order valence-electron chi connectivity index (χ0n) is 13.8. The van der Waals surface area contributed by atoms with Gasteiger partial charge in [0.15, 0.2) is 0 Å². The highest BCUT2D eigenvalue weighted by Crippen LogP contribution is 2.34. The number of hydrogen-bond acceptors (Lipinski definition) is 5. The topological polar surface area (TPSA) is 78.1 Å². The van der Waals surface area contributed by atoms with E-state index in [1.54, 1.807) is 12.3 Å². The SMILES string of the molecule is COC(=O)c1ccc(-c2nc([C@H]3CC[C@H](F)CC3)cnc2N)cc1F. The summed E-state index contributed by atoms with van der Waals surface area (Å²) in [5.74, 6) is -1.17. The van der Waals surface area contributed by atoms with Crippen LogP contribution < -0.4 is 5.73 Å². The highest BCUT2D eigenvalue weighted by molar-refractivity contribution is 5.90. The smallest absolute Gasteiger partial charge is 0.340 e. The number of aromatic nitrogens is 2. The number of ether oxygens (including phenoxy) is 1. The molecule has 2 N–H and O–H groups in total. The van der Waals surface area contributed by atoms with E-state index in [0.717, 1.165) is 5.69 Å². The summed E-state index contributed by atoms with van der Waals surface area (Å²) in [6.45, 7) is 0. The molecular formula is C18H19F2N3O2. The number of esters is 1. The van der Waals surface area contributed by atoms with E-state index in [4.69, 9.17) is 5.73 Å². The number of carbonyl (C=O) groups excluding carboxylic acids is 1. The molecule has 2 aromatic rings. The van der Waals surface area contributed by atoms with Crippen LogP contribution in [0.25, 0.3) is 11.3 Å². The first kappa shape index (κ1) is 17.3. The Kier molecular flexibility index (Phi) is 4.92. The predicted molar refractivity (Wildman–Crippen MR) is 89.3 cm³/mol. The fraction of sp³-hybridized carbons (Fsp3) is 0.389. The number of methoxy groups -OCH3 is 1. The largest absolute Gasteiger partial charge is 0.465 e. The molecule has 0 spiro atoms. The molecule has 0 bridgehead atoms. The van der Waals surface area contributed by atoms with Crippen molar-refractivity contribution in [2.75, 3.05) is 12.8 Å². The number of nitrogens with two attached hydrogens (primary N) is 1. The Bertz CT molecular complexity index is 790. The maximum atomic E-state index is 14.2. The van der Waals surface area contributed by atoms with Crippen molar-refractivity contribution in [1.29, 1.82) is 0 Å². The molecule has 1 aromatic carbocycles. The minimum absolute atomic E-state index is 0.123. The summed E-state index contributed by atoms with van der Waals surface area (Å²) in [6.07, 6.45) is 3.27. The number of nitrogens with zero attached hydrogens (tertiary/aromatic N) is 2. The number of rotatable bonds is 3. The van der Waals surface area contributed by atoms with E-state index in [1.807, 2.05) is 0 Å². The van der Waals surface area contributed by atoms with Gasteiger partial charge in [-0.3, -0.25) is 0 Å². The lowest BCUT2D eigenvalue weighted by Crippen LogP contribution is -2.15. The van der Waals surface area contributed by atoms with Gasteiger partial charge in [-0.25, -0.2) is 23.5 Å². The van der Waals surface area contributed by atoms with Gasteiger partial charge in [0.2, 0.25) is 0 Å². The van der Waals surface area contributed by atoms with Crippen LogP contribution in [0.2, 0.25) is 0 Å². The Morgan fingerprint density at radius 3 is 2.64 bits per heavy atom. The monoisotopic (exact) mass is 347 g/mol. The molecule has 0 aliphatic heterocycles. The van der Waals surface area contributed by atoms with Gasteiger partial charge in [-0.2, -0.15) is 0 Å². The average molecular weight is 347 g/mol. The van der Waals surface area contributed by atoms with Gasteiger partial charge in [0.05, 0.1) is 24.6 Å². The molecule has 25 heavy (non-hydrogen) atoms. The molecule has 3 rings (SSSR count). The number of benzene rings is 1. The van der Waals surface area contributed by atoms with Crippen molar-refractivity contribution >= 4 is 11.8 Å². The van der Waals surface area contributed by atoms with Crippen molar-refractivity contribution in [1.82, 2.24) is 9.97 Å². The summed E-state index contributed by atoms with van der Waals surface area (Å²) in [5.41, 5.74) is 7.26. The van der Waals surface area contributed by atoms with E-state index >= 15 is 0 Å². The number of nitrogen functional groups attached to an aromatic ring is 1. The summed E-state index contributed by atoms with van der Waals surface area (Å²) in [7, 11) is 1.19. The average Bonchev–Trinajstić information content (AvgIpc) is 2.62. The van der Waals surface area contributed by atoms with Crippen LogP contribution in [0.4, 0.5) is 14.6 Å². The van der Waals surface area contributed by atoms with E-state index in [0.29, 0.717) is 36.9 Å². The number of anilines is 1. The van der Waals surface area contributed by atoms with Crippen molar-refractivity contribution in [3.05, 3.63) is 41.5 Å². The Morgan fingerprint density at radius 1 is 1.28 bits per heavy atom. The zero-order chi connectivity index (χ0) is 18.0. The van der Waals surface area contributed by atoms with Gasteiger partial charge in [-0.15, -0.1) is 0 Å². The second-order valence-electron chi connectivity index (χ2n) is 6.16. The van der Waals surface area contributed by atoms with Crippen molar-refractivity contribution in [2.45, 2.75) is 37.8 Å². The van der Waals surface area contributed by atoms with Crippen LogP contribution in [-0.2, 0) is 4.74 Å². The molecule has 1 aliphatic carbocycles. The molecule has 7 heteroatoms. The Morgan fingerprint density at radius 2 is 2.00 bits per heavy atom. The quantitative estimate of drug-likeness (QED) is 0.858. The Labute approximate surface area is 144 Å². The molecule has 132 valence electrons. The summed E-state index contributed by atoms with van der Waals surface area (Å²) >= 11 is 0. The van der Waals surface area contributed by atoms with Crippen molar-refractivity contribution in [2.24, 2.45) is 0 Å². The third-order valence-electron chi connectivity index (χ3n) is 4.54.